The fourth-order valence-electron chi connectivity index (χ4n) is 3.96. The maximum atomic E-state index is 13.9. The number of halogens is 1. The van der Waals surface area contributed by atoms with Gasteiger partial charge in [-0.05, 0) is 74.7 Å². The van der Waals surface area contributed by atoms with E-state index >= 15 is 0 Å². The molecule has 0 aromatic heterocycles. The van der Waals surface area contributed by atoms with Crippen LogP contribution in [0.1, 0.15) is 37.0 Å². The summed E-state index contributed by atoms with van der Waals surface area (Å²) in [6.45, 7) is 7.52. The second-order valence-electron chi connectivity index (χ2n) is 9.28. The summed E-state index contributed by atoms with van der Waals surface area (Å²) < 4.78 is 29.6. The molecule has 0 aliphatic heterocycles. The van der Waals surface area contributed by atoms with Crippen LogP contribution in [0.5, 0.6) is 0 Å². The Morgan fingerprint density at radius 1 is 0.947 bits per heavy atom. The van der Waals surface area contributed by atoms with Crippen molar-refractivity contribution < 1.29 is 18.0 Å². The smallest absolute Gasteiger partial charge is 0.264 e. The summed E-state index contributed by atoms with van der Waals surface area (Å²) in [6.07, 6.45) is 0.758. The van der Waals surface area contributed by atoms with Crippen LogP contribution in [0.15, 0.2) is 82.2 Å². The van der Waals surface area contributed by atoms with Gasteiger partial charge in [-0.3, -0.25) is 13.9 Å². The summed E-state index contributed by atoms with van der Waals surface area (Å²) in [5.41, 5.74) is 2.97. The van der Waals surface area contributed by atoms with Crippen LogP contribution in [-0.2, 0) is 26.2 Å². The van der Waals surface area contributed by atoms with Gasteiger partial charge in [-0.1, -0.05) is 64.8 Å². The number of hydrogen-bond donors (Lipinski definition) is 1. The Hall–Kier alpha value is -3.17. The third kappa shape index (κ3) is 7.45. The topological polar surface area (TPSA) is 86.8 Å². The molecule has 0 bridgehead atoms. The molecule has 0 aliphatic rings. The predicted molar refractivity (Wildman–Crippen MR) is 154 cm³/mol. The molecule has 1 atom stereocenters. The number of carbonyl (C=O) groups excluding carboxylic acids is 2. The van der Waals surface area contributed by atoms with E-state index in [-0.39, 0.29) is 17.3 Å². The lowest BCUT2D eigenvalue weighted by Crippen LogP contribution is -2.51. The minimum absolute atomic E-state index is 0.0877. The Morgan fingerprint density at radius 2 is 1.63 bits per heavy atom. The first-order valence-electron chi connectivity index (χ1n) is 12.5. The second-order valence-corrected chi connectivity index (χ2v) is 12.1. The monoisotopic (exact) mass is 599 g/mol. The highest BCUT2D eigenvalue weighted by Gasteiger charge is 2.32. The number of benzene rings is 3. The first kappa shape index (κ1) is 29.4. The van der Waals surface area contributed by atoms with Crippen molar-refractivity contribution in [3.63, 3.8) is 0 Å². The largest absolute Gasteiger partial charge is 0.354 e. The SMILES string of the molecule is CCCNC(=O)[C@@H](C)N(Cc1cccc(Br)c1)C(=O)CN(c1cccc(C)c1)S(=O)(=O)c1ccc(C)cc1. The molecule has 0 fully saturated rings. The molecule has 3 rings (SSSR count). The number of hydrogen-bond acceptors (Lipinski definition) is 4. The lowest BCUT2D eigenvalue weighted by Gasteiger charge is -2.32. The van der Waals surface area contributed by atoms with Gasteiger partial charge in [0, 0.05) is 17.6 Å². The van der Waals surface area contributed by atoms with Gasteiger partial charge in [0.15, 0.2) is 0 Å². The van der Waals surface area contributed by atoms with E-state index in [0.29, 0.717) is 12.2 Å². The summed E-state index contributed by atoms with van der Waals surface area (Å²) >= 11 is 3.45. The Kier molecular flexibility index (Phi) is 10.1. The zero-order valence-electron chi connectivity index (χ0n) is 22.1. The van der Waals surface area contributed by atoms with Crippen molar-refractivity contribution in [2.45, 2.75) is 51.6 Å². The number of sulfonamides is 1. The zero-order valence-corrected chi connectivity index (χ0v) is 24.6. The van der Waals surface area contributed by atoms with E-state index in [2.05, 4.69) is 21.2 Å². The van der Waals surface area contributed by atoms with Crippen LogP contribution < -0.4 is 9.62 Å². The Morgan fingerprint density at radius 3 is 2.26 bits per heavy atom. The van der Waals surface area contributed by atoms with Crippen LogP contribution in [0.2, 0.25) is 0 Å². The molecule has 0 saturated carbocycles. The van der Waals surface area contributed by atoms with Gasteiger partial charge in [0.25, 0.3) is 10.0 Å². The van der Waals surface area contributed by atoms with E-state index in [1.54, 1.807) is 37.3 Å². The van der Waals surface area contributed by atoms with Crippen LogP contribution >= 0.6 is 15.9 Å². The minimum Gasteiger partial charge on any atom is -0.354 e. The number of amides is 2. The third-order valence-electron chi connectivity index (χ3n) is 6.14. The molecule has 0 unspecified atom stereocenters. The van der Waals surface area contributed by atoms with Crippen LogP contribution in [-0.4, -0.2) is 44.3 Å². The molecular weight excluding hydrogens is 566 g/mol. The first-order chi connectivity index (χ1) is 18.0. The van der Waals surface area contributed by atoms with E-state index < -0.39 is 28.5 Å². The summed E-state index contributed by atoms with van der Waals surface area (Å²) in [5, 5.41) is 2.84. The predicted octanol–water partition coefficient (Wildman–Crippen LogP) is 5.20. The molecule has 0 heterocycles. The second kappa shape index (κ2) is 13.1. The molecule has 3 aromatic carbocycles. The highest BCUT2D eigenvalue weighted by atomic mass is 79.9. The number of nitrogens with one attached hydrogen (secondary N) is 1. The minimum atomic E-state index is -4.08. The van der Waals surface area contributed by atoms with E-state index in [1.807, 2.05) is 51.1 Å². The van der Waals surface area contributed by atoms with E-state index in [9.17, 15) is 18.0 Å². The highest BCUT2D eigenvalue weighted by molar-refractivity contribution is 9.10. The standard InChI is InChI=1S/C29H34BrN3O4S/c1-5-16-31-29(35)23(4)32(19-24-9-7-10-25(30)18-24)28(34)20-33(26-11-6-8-22(3)17-26)38(36,37)27-14-12-21(2)13-15-27/h6-15,17-18,23H,5,16,19-20H2,1-4H3,(H,31,35)/t23-/m1/s1. The molecule has 0 radical (unpaired) electrons. The number of anilines is 1. The fourth-order valence-corrected chi connectivity index (χ4v) is 5.81. The van der Waals surface area contributed by atoms with Crippen molar-refractivity contribution in [3.05, 3.63) is 94.0 Å². The number of rotatable bonds is 11. The fraction of sp³-hybridized carbons (Fsp3) is 0.310. The van der Waals surface area contributed by atoms with Crippen LogP contribution in [0.25, 0.3) is 0 Å². The molecule has 7 nitrogen and oxygen atoms in total. The number of aryl methyl sites for hydroxylation is 2. The van der Waals surface area contributed by atoms with Gasteiger partial charge in [-0.15, -0.1) is 0 Å². The Labute approximate surface area is 234 Å². The van der Waals surface area contributed by atoms with Crippen molar-refractivity contribution in [2.75, 3.05) is 17.4 Å². The zero-order chi connectivity index (χ0) is 27.9. The highest BCUT2D eigenvalue weighted by Crippen LogP contribution is 2.26. The molecule has 1 N–H and O–H groups in total. The van der Waals surface area contributed by atoms with Crippen LogP contribution in [0.3, 0.4) is 0 Å². The molecule has 0 spiro atoms. The maximum Gasteiger partial charge on any atom is 0.264 e. The molecule has 0 aliphatic carbocycles. The van der Waals surface area contributed by atoms with E-state index in [4.69, 9.17) is 0 Å². The molecule has 38 heavy (non-hydrogen) atoms. The van der Waals surface area contributed by atoms with Gasteiger partial charge < -0.3 is 10.2 Å². The average Bonchev–Trinajstić information content (AvgIpc) is 2.88. The number of carbonyl (C=O) groups is 2. The van der Waals surface area contributed by atoms with Gasteiger partial charge in [-0.2, -0.15) is 0 Å². The van der Waals surface area contributed by atoms with Crippen LogP contribution in [0.4, 0.5) is 5.69 Å². The maximum absolute atomic E-state index is 13.9. The molecular formula is C29H34BrN3O4S. The molecule has 202 valence electrons. The molecule has 3 aromatic rings. The van der Waals surface area contributed by atoms with Crippen LogP contribution in [0, 0.1) is 13.8 Å². The molecule has 0 saturated heterocycles. The van der Waals surface area contributed by atoms with Gasteiger partial charge >= 0.3 is 0 Å². The first-order valence-corrected chi connectivity index (χ1v) is 14.7. The molecule has 2 amide bonds. The van der Waals surface area contributed by atoms with Gasteiger partial charge in [-0.25, -0.2) is 8.42 Å². The van der Waals surface area contributed by atoms with Crippen molar-refractivity contribution in [3.8, 4) is 0 Å². The van der Waals surface area contributed by atoms with Gasteiger partial charge in [0.1, 0.15) is 12.6 Å². The Balaban J connectivity index is 2.02. The van der Waals surface area contributed by atoms with Crippen molar-refractivity contribution in [1.82, 2.24) is 10.2 Å². The summed E-state index contributed by atoms with van der Waals surface area (Å²) in [5.74, 6) is -0.778. The normalized spacial score (nSPS) is 12.0. The van der Waals surface area contributed by atoms with E-state index in [0.717, 1.165) is 31.9 Å². The average molecular weight is 601 g/mol. The quantitative estimate of drug-likeness (QED) is 0.328. The van der Waals surface area contributed by atoms with Crippen molar-refractivity contribution in [2.24, 2.45) is 0 Å². The van der Waals surface area contributed by atoms with Crippen molar-refractivity contribution in [1.29, 1.82) is 0 Å². The summed E-state index contributed by atoms with van der Waals surface area (Å²) in [4.78, 5) is 28.3. The number of nitrogens with zero attached hydrogens (tertiary/aromatic N) is 2. The third-order valence-corrected chi connectivity index (χ3v) is 8.42. The van der Waals surface area contributed by atoms with Gasteiger partial charge in [0.2, 0.25) is 11.8 Å². The lowest BCUT2D eigenvalue weighted by molar-refractivity contribution is -0.139. The molecule has 9 heteroatoms. The van der Waals surface area contributed by atoms with Crippen molar-refractivity contribution >= 4 is 43.5 Å². The van der Waals surface area contributed by atoms with E-state index in [1.165, 1.54) is 17.0 Å². The Bertz CT molecular complexity index is 1380. The lowest BCUT2D eigenvalue weighted by atomic mass is 10.1. The summed E-state index contributed by atoms with van der Waals surface area (Å²) in [6, 6.07) is 20.2. The van der Waals surface area contributed by atoms with Gasteiger partial charge in [0.05, 0.1) is 10.6 Å². The summed E-state index contributed by atoms with van der Waals surface area (Å²) in [7, 11) is -4.08.